The molecule has 2 aromatic carbocycles. The molecule has 332 valence electrons. The number of aliphatic imine (C=N–C) groups is 2. The minimum atomic E-state index is 0. The number of allylic oxidation sites excluding steroid dienone is 2. The fourth-order valence-electron chi connectivity index (χ4n) is 8.36. The zero-order chi connectivity index (χ0) is 41.0. The van der Waals surface area contributed by atoms with Gasteiger partial charge in [-0.2, -0.15) is 0 Å². The Morgan fingerprint density at radius 1 is 0.397 bits per heavy atom. The summed E-state index contributed by atoms with van der Waals surface area (Å²) in [4.78, 5) is 10.8. The number of aryl methyl sites for hydroxylation is 4. The van der Waals surface area contributed by atoms with Crippen LogP contribution in [0.3, 0.4) is 0 Å². The van der Waals surface area contributed by atoms with Crippen molar-refractivity contribution in [1.82, 2.24) is 0 Å². The molecule has 0 saturated heterocycles. The molecule has 0 aromatic heterocycles. The fraction of sp³-hybridized carbons (Fsp3) is 0.709. The van der Waals surface area contributed by atoms with E-state index in [0.29, 0.717) is 0 Å². The number of hydrogen-bond donors (Lipinski definition) is 0. The second-order valence-corrected chi connectivity index (χ2v) is 17.3. The molecule has 0 atom stereocenters. The van der Waals surface area contributed by atoms with Gasteiger partial charge in [0.2, 0.25) is 0 Å². The van der Waals surface area contributed by atoms with Crippen LogP contribution < -0.4 is 0 Å². The van der Waals surface area contributed by atoms with Crippen molar-refractivity contribution in [2.75, 3.05) is 0 Å². The first-order valence-electron chi connectivity index (χ1n) is 25.2. The molecule has 3 heteroatoms. The molecular weight excluding hydrogens is 747 g/mol. The van der Waals surface area contributed by atoms with Crippen LogP contribution in [0.2, 0.25) is 0 Å². The molecule has 2 rings (SSSR count). The van der Waals surface area contributed by atoms with E-state index >= 15 is 0 Å². The number of benzene rings is 2. The molecule has 0 heterocycles. The summed E-state index contributed by atoms with van der Waals surface area (Å²) in [5.41, 5.74) is 10.2. The van der Waals surface area contributed by atoms with Crippen LogP contribution in [0.4, 0.5) is 11.4 Å². The summed E-state index contributed by atoms with van der Waals surface area (Å²) in [6, 6.07) is 13.9. The third kappa shape index (κ3) is 25.6. The monoisotopic (exact) mass is 839 g/mol. The zero-order valence-corrected chi connectivity index (χ0v) is 40.2. The molecule has 0 bridgehead atoms. The Bertz CT molecular complexity index is 1350. The predicted molar refractivity (Wildman–Crippen MR) is 259 cm³/mol. The molecule has 0 unspecified atom stereocenters. The van der Waals surface area contributed by atoms with Crippen molar-refractivity contribution in [3.05, 3.63) is 70.8 Å². The number of rotatable bonds is 37. The van der Waals surface area contributed by atoms with Gasteiger partial charge in [-0.3, -0.25) is 4.99 Å². The van der Waals surface area contributed by atoms with Gasteiger partial charge in [0.05, 0.1) is 22.8 Å². The average Bonchev–Trinajstić information content (AvgIpc) is 3.21. The van der Waals surface area contributed by atoms with Crippen molar-refractivity contribution in [1.29, 1.82) is 0 Å². The largest absolute Gasteiger partial charge is 0.251 e. The van der Waals surface area contributed by atoms with Crippen molar-refractivity contribution in [2.45, 2.75) is 253 Å². The van der Waals surface area contributed by atoms with Gasteiger partial charge in [0.15, 0.2) is 0 Å². The van der Waals surface area contributed by atoms with E-state index < -0.39 is 0 Å². The molecule has 2 aromatic rings. The number of unbranched alkanes of at least 4 members (excludes halogenated alkanes) is 22. The SMILES string of the molecule is CCCCCCCCCCCCCCCCCCCCCCCC=CC(=Nc1ccc(CCC)c(CCC)c1)C(CCCC)=Nc1ccc(CCC)c(CCC)c1.[Ni]. The first kappa shape index (κ1) is 54.0. The van der Waals surface area contributed by atoms with E-state index in [1.165, 1.54) is 170 Å². The number of hydrogen-bond acceptors (Lipinski definition) is 2. The van der Waals surface area contributed by atoms with Gasteiger partial charge in [0.25, 0.3) is 0 Å². The van der Waals surface area contributed by atoms with Crippen molar-refractivity contribution in [2.24, 2.45) is 9.98 Å². The summed E-state index contributed by atoms with van der Waals surface area (Å²) in [5.74, 6) is 0. The molecular formula is C55H92N2Ni. The Balaban J connectivity index is 0.0000168. The van der Waals surface area contributed by atoms with Gasteiger partial charge in [-0.25, -0.2) is 4.99 Å². The molecule has 0 spiro atoms. The summed E-state index contributed by atoms with van der Waals surface area (Å²) in [5, 5.41) is 0. The van der Waals surface area contributed by atoms with Crippen LogP contribution in [0.5, 0.6) is 0 Å². The molecule has 0 N–H and O–H groups in total. The molecule has 58 heavy (non-hydrogen) atoms. The summed E-state index contributed by atoms with van der Waals surface area (Å²) in [6.45, 7) is 13.7. The Labute approximate surface area is 371 Å². The van der Waals surface area contributed by atoms with Crippen LogP contribution in [-0.2, 0) is 42.2 Å². The molecule has 0 fully saturated rings. The molecule has 0 amide bonds. The van der Waals surface area contributed by atoms with E-state index in [9.17, 15) is 0 Å². The topological polar surface area (TPSA) is 24.7 Å². The quantitative estimate of drug-likeness (QED) is 0.0368. The van der Waals surface area contributed by atoms with E-state index in [1.807, 2.05) is 0 Å². The van der Waals surface area contributed by atoms with Gasteiger partial charge in [-0.15, -0.1) is 0 Å². The van der Waals surface area contributed by atoms with Crippen LogP contribution in [0.1, 0.15) is 250 Å². The molecule has 0 radical (unpaired) electrons. The summed E-state index contributed by atoms with van der Waals surface area (Å²) >= 11 is 0. The number of nitrogens with zero attached hydrogens (tertiary/aromatic N) is 2. The Kier molecular flexibility index (Phi) is 35.4. The van der Waals surface area contributed by atoms with Crippen molar-refractivity contribution in [3.63, 3.8) is 0 Å². The third-order valence-electron chi connectivity index (χ3n) is 11.8. The van der Waals surface area contributed by atoms with Crippen LogP contribution in [-0.4, -0.2) is 11.4 Å². The summed E-state index contributed by atoms with van der Waals surface area (Å²) < 4.78 is 0. The predicted octanol–water partition coefficient (Wildman–Crippen LogP) is 18.7. The smallest absolute Gasteiger partial charge is 0.0848 e. The van der Waals surface area contributed by atoms with Crippen LogP contribution in [0.15, 0.2) is 58.5 Å². The summed E-state index contributed by atoms with van der Waals surface area (Å²) in [7, 11) is 0. The molecule has 2 nitrogen and oxygen atoms in total. The Morgan fingerprint density at radius 3 is 1.16 bits per heavy atom. The molecule has 0 aliphatic rings. The maximum Gasteiger partial charge on any atom is 0.0848 e. The van der Waals surface area contributed by atoms with E-state index in [4.69, 9.17) is 9.98 Å². The van der Waals surface area contributed by atoms with Crippen LogP contribution in [0.25, 0.3) is 0 Å². The van der Waals surface area contributed by atoms with Crippen LogP contribution in [0, 0.1) is 0 Å². The van der Waals surface area contributed by atoms with Gasteiger partial charge < -0.3 is 0 Å². The molecule has 0 aliphatic heterocycles. The standard InChI is InChI=1S/C55H92N2.Ni/c1-7-13-15-16-17-18-19-20-21-22-23-24-25-26-27-28-29-30-31-32-33-34-35-41-55(57-53-45-43-49(37-10-4)51(47-53)39-12-6)54(40-14-8-2)56-52-44-42-48(36-9-3)50(46-52)38-11-5;/h35,41-47H,7-34,36-40H2,1-6H3;. The van der Waals surface area contributed by atoms with Gasteiger partial charge in [-0.05, 0) is 104 Å². The van der Waals surface area contributed by atoms with E-state index in [1.54, 1.807) is 0 Å². The first-order chi connectivity index (χ1) is 28.1. The Hall–Kier alpha value is -1.99. The van der Waals surface area contributed by atoms with E-state index in [2.05, 4.69) is 90.1 Å². The minimum Gasteiger partial charge on any atom is -0.251 e. The van der Waals surface area contributed by atoms with Gasteiger partial charge >= 0.3 is 0 Å². The molecule has 0 aliphatic carbocycles. The van der Waals surface area contributed by atoms with E-state index in [-0.39, 0.29) is 16.5 Å². The maximum atomic E-state index is 5.39. The third-order valence-corrected chi connectivity index (χ3v) is 11.8. The van der Waals surface area contributed by atoms with Crippen molar-refractivity contribution < 1.29 is 16.5 Å². The maximum absolute atomic E-state index is 5.39. The second kappa shape index (κ2) is 38.0. The van der Waals surface area contributed by atoms with Crippen LogP contribution >= 0.6 is 0 Å². The van der Waals surface area contributed by atoms with Crippen molar-refractivity contribution >= 4 is 22.8 Å². The Morgan fingerprint density at radius 2 is 0.759 bits per heavy atom. The average molecular weight is 840 g/mol. The van der Waals surface area contributed by atoms with E-state index in [0.717, 1.165) is 87.0 Å². The second-order valence-electron chi connectivity index (χ2n) is 17.3. The zero-order valence-electron chi connectivity index (χ0n) is 39.2. The summed E-state index contributed by atoms with van der Waals surface area (Å²) in [6.07, 6.45) is 48.2. The van der Waals surface area contributed by atoms with Gasteiger partial charge in [-0.1, -0.05) is 220 Å². The fourth-order valence-corrected chi connectivity index (χ4v) is 8.36. The minimum absolute atomic E-state index is 0. The van der Waals surface area contributed by atoms with Gasteiger partial charge in [0.1, 0.15) is 0 Å². The normalized spacial score (nSPS) is 12.2. The molecule has 0 saturated carbocycles. The van der Waals surface area contributed by atoms with Crippen molar-refractivity contribution in [3.8, 4) is 0 Å². The van der Waals surface area contributed by atoms with Gasteiger partial charge in [0, 0.05) is 16.5 Å². The first-order valence-corrected chi connectivity index (χ1v) is 25.2.